The normalized spacial score (nSPS) is 9.71. The number of hydrogen-bond acceptors (Lipinski definition) is 7. The Bertz CT molecular complexity index is 508. The maximum atomic E-state index is 10.1. The van der Waals surface area contributed by atoms with Gasteiger partial charge in [-0.3, -0.25) is 4.39 Å². The minimum Gasteiger partial charge on any atom is -0.850 e. The first kappa shape index (κ1) is 41.3. The minimum atomic E-state index is -1.00. The Balaban J connectivity index is -0.000000131. The average molecular weight is 518 g/mol. The summed E-state index contributed by atoms with van der Waals surface area (Å²) in [4.78, 5) is 0. The molecular formula is C25H46FKO7. The quantitative estimate of drug-likeness (QED) is 0.163. The Morgan fingerprint density at radius 2 is 1.35 bits per heavy atom. The van der Waals surface area contributed by atoms with Crippen LogP contribution in [0.3, 0.4) is 0 Å². The van der Waals surface area contributed by atoms with Crippen molar-refractivity contribution in [3.8, 4) is 23.7 Å². The summed E-state index contributed by atoms with van der Waals surface area (Å²) in [7, 11) is 0.589. The van der Waals surface area contributed by atoms with Gasteiger partial charge in [-0.05, 0) is 45.6 Å². The van der Waals surface area contributed by atoms with Gasteiger partial charge in [0.05, 0.1) is 15.1 Å². The molecule has 0 fully saturated rings. The molecule has 0 aliphatic rings. The van der Waals surface area contributed by atoms with Crippen LogP contribution in [0, 0.1) is 23.7 Å². The van der Waals surface area contributed by atoms with Crippen LogP contribution in [0.2, 0.25) is 0 Å². The van der Waals surface area contributed by atoms with E-state index >= 15 is 0 Å². The number of rotatable bonds is 12. The van der Waals surface area contributed by atoms with Gasteiger partial charge in [0.25, 0.3) is 0 Å². The summed E-state index contributed by atoms with van der Waals surface area (Å²) in [6.45, 7) is 19.3. The third-order valence-electron chi connectivity index (χ3n) is 2.37. The van der Waals surface area contributed by atoms with Gasteiger partial charge in [0.2, 0.25) is 12.6 Å². The third-order valence-corrected chi connectivity index (χ3v) is 2.37. The monoisotopic (exact) mass is 517 g/mol. The van der Waals surface area contributed by atoms with Gasteiger partial charge in [-0.25, -0.2) is 0 Å². The fraction of sp³-hybridized carbons (Fsp3) is 0.760. The number of ether oxygens (including phenoxy) is 6. The predicted octanol–water partition coefficient (Wildman–Crippen LogP) is 0.709. The number of allylic oxidation sites excluding steroid dienone is 1. The number of methoxy groups -OCH3 is 1. The van der Waals surface area contributed by atoms with Gasteiger partial charge in [0.15, 0.2) is 0 Å². The maximum Gasteiger partial charge on any atom is 1.00 e. The molecule has 0 atom stereocenters. The van der Waals surface area contributed by atoms with Gasteiger partial charge in [-0.15, -0.1) is 5.60 Å². The van der Waals surface area contributed by atoms with Crippen molar-refractivity contribution in [3.63, 3.8) is 0 Å². The first-order valence-electron chi connectivity index (χ1n) is 11.5. The van der Waals surface area contributed by atoms with Crippen LogP contribution >= 0.6 is 0 Å². The van der Waals surface area contributed by atoms with Crippen LogP contribution in [0.4, 0.5) is 4.39 Å². The smallest absolute Gasteiger partial charge is 0.850 e. The molecule has 196 valence electrons. The van der Waals surface area contributed by atoms with Gasteiger partial charge in [0.1, 0.15) is 6.79 Å². The molecule has 0 amide bonds. The Hall–Kier alpha value is 0.146. The van der Waals surface area contributed by atoms with Gasteiger partial charge >= 0.3 is 51.4 Å². The van der Waals surface area contributed by atoms with Crippen molar-refractivity contribution < 1.29 is 90.7 Å². The Kier molecular flexibility index (Phi) is 45.8. The molecule has 0 spiro atoms. The van der Waals surface area contributed by atoms with Crippen LogP contribution in [-0.4, -0.2) is 72.3 Å². The van der Waals surface area contributed by atoms with E-state index in [-0.39, 0.29) is 51.4 Å². The van der Waals surface area contributed by atoms with Crippen LogP contribution in [0.15, 0.2) is 12.7 Å². The zero-order valence-corrected chi connectivity index (χ0v) is 26.0. The van der Waals surface area contributed by atoms with Crippen molar-refractivity contribution in [1.29, 1.82) is 0 Å². The van der Waals surface area contributed by atoms with Crippen molar-refractivity contribution >= 4 is 0 Å². The molecule has 0 N–H and O–H groups in total. The summed E-state index contributed by atoms with van der Waals surface area (Å²) in [5, 5.41) is 10.1. The molecule has 0 saturated heterocycles. The topological polar surface area (TPSA) is 78.4 Å². The summed E-state index contributed by atoms with van der Waals surface area (Å²) in [6, 6.07) is 0. The van der Waals surface area contributed by atoms with E-state index in [4.69, 9.17) is 29.8 Å². The Morgan fingerprint density at radius 1 is 0.971 bits per heavy atom. The summed E-state index contributed by atoms with van der Waals surface area (Å²) >= 11 is 0. The van der Waals surface area contributed by atoms with E-state index in [2.05, 4.69) is 30.3 Å². The van der Waals surface area contributed by atoms with Gasteiger partial charge < -0.3 is 33.5 Å². The predicted molar refractivity (Wildman–Crippen MR) is 129 cm³/mol. The van der Waals surface area contributed by atoms with Crippen molar-refractivity contribution in [2.24, 2.45) is 0 Å². The molecule has 0 rings (SSSR count). The Morgan fingerprint density at radius 3 is 1.68 bits per heavy atom. The Labute approximate surface area is 252 Å². The first-order chi connectivity index (χ1) is 16.1. The van der Waals surface area contributed by atoms with Crippen molar-refractivity contribution in [1.82, 2.24) is 0 Å². The summed E-state index contributed by atoms with van der Waals surface area (Å²) < 4.78 is 46.1. The molecular weight excluding hydrogens is 470 g/mol. The summed E-state index contributed by atoms with van der Waals surface area (Å²) in [5.41, 5.74) is -0.750. The van der Waals surface area contributed by atoms with E-state index in [0.29, 0.717) is 46.2 Å². The molecule has 7 nitrogen and oxygen atoms in total. The molecule has 0 aromatic heterocycles. The van der Waals surface area contributed by atoms with E-state index in [9.17, 15) is 9.50 Å². The van der Waals surface area contributed by atoms with Crippen molar-refractivity contribution in [3.05, 3.63) is 12.7 Å². The van der Waals surface area contributed by atoms with Gasteiger partial charge in [0, 0.05) is 40.0 Å². The van der Waals surface area contributed by atoms with Crippen LogP contribution in [-0.2, 0) is 28.4 Å². The van der Waals surface area contributed by atoms with Crippen LogP contribution in [0.1, 0.15) is 56.3 Å². The zero-order chi connectivity index (χ0) is 27.1. The molecule has 0 saturated carbocycles. The summed E-state index contributed by atoms with van der Waals surface area (Å²) in [6.07, 6.45) is 1.36. The molecule has 0 heterocycles. The van der Waals surface area contributed by atoms with Crippen LogP contribution in [0.5, 0.6) is 0 Å². The molecule has 9 heteroatoms. The molecule has 0 aliphatic heterocycles. The zero-order valence-electron chi connectivity index (χ0n) is 23.8. The average Bonchev–Trinajstić information content (AvgIpc) is 2.75. The number of alkyl halides is 1. The molecule has 0 bridgehead atoms. The summed E-state index contributed by atoms with van der Waals surface area (Å²) in [5.74, 6) is 11.3. The minimum absolute atomic E-state index is 0. The molecule has 34 heavy (non-hydrogen) atoms. The van der Waals surface area contributed by atoms with E-state index in [1.807, 2.05) is 27.7 Å². The molecule has 0 radical (unpaired) electrons. The van der Waals surface area contributed by atoms with E-state index in [0.717, 1.165) is 0 Å². The van der Waals surface area contributed by atoms with Gasteiger partial charge in [-0.1, -0.05) is 39.2 Å². The van der Waals surface area contributed by atoms with E-state index in [1.54, 1.807) is 27.9 Å². The van der Waals surface area contributed by atoms with Crippen LogP contribution in [0.25, 0.3) is 0 Å². The van der Waals surface area contributed by atoms with Crippen molar-refractivity contribution in [2.75, 3.05) is 54.1 Å². The van der Waals surface area contributed by atoms with E-state index < -0.39 is 25.3 Å². The second-order valence-electron chi connectivity index (χ2n) is 6.48. The second kappa shape index (κ2) is 37.7. The molecule has 0 aromatic rings. The number of halogens is 1. The molecule has 0 aromatic carbocycles. The fourth-order valence-corrected chi connectivity index (χ4v) is 1.42. The fourth-order valence-electron chi connectivity index (χ4n) is 1.42. The van der Waals surface area contributed by atoms with Gasteiger partial charge in [-0.2, -0.15) is 0 Å². The van der Waals surface area contributed by atoms with Crippen LogP contribution < -0.4 is 56.5 Å². The first-order valence-corrected chi connectivity index (χ1v) is 10.8. The molecule has 0 aliphatic carbocycles. The third kappa shape index (κ3) is 53.5. The standard InChI is InChI=1S/C11H20O4.C9H14O2.C4H9O.CH3F.K/c1-4-14-11(15-5-2)8-6-7-9-13-10-12-3;1-4-7-8-9(10-5-2)11-6-3;1-4(2,3)5;1-2;/h11H,4-5,7,9-10H2,1-3H3;4,9H,1,5-6H2,2-3H3;1-3H3;1H3;/q;;-1;;+1/i;;;1D;. The SMILES string of the molecule is C=CC#CC(OCC)OCC.CC(C)(C)[O-].CCOC(C#CCCOCOC)OCC.[2H]CF.[K+]. The molecule has 0 unspecified atom stereocenters. The second-order valence-corrected chi connectivity index (χ2v) is 6.48. The van der Waals surface area contributed by atoms with Crippen molar-refractivity contribution in [2.45, 2.75) is 73.1 Å². The largest absolute Gasteiger partial charge is 1.00 e. The number of hydrogen-bond donors (Lipinski definition) is 0. The van der Waals surface area contributed by atoms with E-state index in [1.165, 1.54) is 6.08 Å². The maximum absolute atomic E-state index is 10.1.